The van der Waals surface area contributed by atoms with Gasteiger partial charge in [0.2, 0.25) is 5.91 Å². The standard InChI is InChI=1S/C20H26N4O4/c1-12-7-6-9-15(14(12)3)21-18(27)22-16(25)11-24-17(26)20(23-19(24)28)10-5-4-8-13(20)2/h6-7,9,13H,4-5,8,10-11H2,1-3H3,(H,23,28)(H2,21,22,25,27)/t13-,20+/m0/s1. The van der Waals surface area contributed by atoms with Crippen molar-refractivity contribution in [1.82, 2.24) is 15.5 Å². The number of anilines is 1. The highest BCUT2D eigenvalue weighted by molar-refractivity contribution is 6.11. The molecule has 28 heavy (non-hydrogen) atoms. The lowest BCUT2D eigenvalue weighted by Crippen LogP contribution is -2.54. The fourth-order valence-electron chi connectivity index (χ4n) is 3.99. The highest BCUT2D eigenvalue weighted by atomic mass is 16.2. The molecule has 3 N–H and O–H groups in total. The second kappa shape index (κ2) is 7.61. The van der Waals surface area contributed by atoms with Crippen molar-refractivity contribution in [1.29, 1.82) is 0 Å². The van der Waals surface area contributed by atoms with Crippen molar-refractivity contribution in [3.8, 4) is 0 Å². The molecule has 3 rings (SSSR count). The van der Waals surface area contributed by atoms with Gasteiger partial charge in [-0.05, 0) is 49.8 Å². The Balaban J connectivity index is 1.61. The van der Waals surface area contributed by atoms with Gasteiger partial charge in [-0.25, -0.2) is 9.59 Å². The first-order valence-electron chi connectivity index (χ1n) is 9.56. The van der Waals surface area contributed by atoms with Gasteiger partial charge in [0, 0.05) is 5.69 Å². The van der Waals surface area contributed by atoms with Crippen molar-refractivity contribution in [3.05, 3.63) is 29.3 Å². The van der Waals surface area contributed by atoms with Crippen LogP contribution in [0, 0.1) is 19.8 Å². The molecule has 2 atom stereocenters. The lowest BCUT2D eigenvalue weighted by Gasteiger charge is -2.36. The summed E-state index contributed by atoms with van der Waals surface area (Å²) in [5.74, 6) is -1.08. The summed E-state index contributed by atoms with van der Waals surface area (Å²) in [4.78, 5) is 50.4. The van der Waals surface area contributed by atoms with Crippen molar-refractivity contribution in [2.24, 2.45) is 5.92 Å². The Morgan fingerprint density at radius 2 is 2.00 bits per heavy atom. The van der Waals surface area contributed by atoms with E-state index in [2.05, 4.69) is 16.0 Å². The van der Waals surface area contributed by atoms with E-state index in [1.807, 2.05) is 26.8 Å². The zero-order chi connectivity index (χ0) is 20.5. The van der Waals surface area contributed by atoms with Crippen LogP contribution in [0.15, 0.2) is 18.2 Å². The summed E-state index contributed by atoms with van der Waals surface area (Å²) in [6.45, 7) is 5.24. The van der Waals surface area contributed by atoms with Gasteiger partial charge in [0.05, 0.1) is 0 Å². The van der Waals surface area contributed by atoms with Crippen molar-refractivity contribution in [2.45, 2.75) is 52.0 Å². The molecule has 0 radical (unpaired) electrons. The molecule has 1 aromatic carbocycles. The van der Waals surface area contributed by atoms with Gasteiger partial charge in [-0.3, -0.25) is 19.8 Å². The first-order chi connectivity index (χ1) is 13.2. The largest absolute Gasteiger partial charge is 0.325 e. The molecule has 8 heteroatoms. The minimum atomic E-state index is -0.920. The summed E-state index contributed by atoms with van der Waals surface area (Å²) in [7, 11) is 0. The Morgan fingerprint density at radius 1 is 1.25 bits per heavy atom. The van der Waals surface area contributed by atoms with Crippen LogP contribution in [0.5, 0.6) is 0 Å². The van der Waals surface area contributed by atoms with Gasteiger partial charge in [0.1, 0.15) is 12.1 Å². The van der Waals surface area contributed by atoms with Crippen LogP contribution in [0.2, 0.25) is 0 Å². The minimum Gasteiger partial charge on any atom is -0.323 e. The Kier molecular flexibility index (Phi) is 5.40. The first-order valence-corrected chi connectivity index (χ1v) is 9.56. The molecule has 2 fully saturated rings. The molecule has 0 bridgehead atoms. The molecule has 2 aliphatic rings. The van der Waals surface area contributed by atoms with Gasteiger partial charge in [-0.1, -0.05) is 31.9 Å². The van der Waals surface area contributed by atoms with Crippen LogP contribution >= 0.6 is 0 Å². The average Bonchev–Trinajstić information content (AvgIpc) is 2.86. The van der Waals surface area contributed by atoms with E-state index >= 15 is 0 Å². The van der Waals surface area contributed by atoms with E-state index < -0.39 is 30.1 Å². The summed E-state index contributed by atoms with van der Waals surface area (Å²) >= 11 is 0. The molecule has 150 valence electrons. The van der Waals surface area contributed by atoms with Crippen LogP contribution in [0.1, 0.15) is 43.7 Å². The van der Waals surface area contributed by atoms with Crippen LogP contribution in [0.3, 0.4) is 0 Å². The van der Waals surface area contributed by atoms with E-state index in [1.165, 1.54) is 0 Å². The SMILES string of the molecule is Cc1cccc(NC(=O)NC(=O)CN2C(=O)N[C@@]3(CCCC[C@@H]3C)C2=O)c1C. The third-order valence-corrected chi connectivity index (χ3v) is 5.91. The molecule has 1 aromatic rings. The maximum Gasteiger partial charge on any atom is 0.325 e. The van der Waals surface area contributed by atoms with Crippen molar-refractivity contribution < 1.29 is 19.2 Å². The van der Waals surface area contributed by atoms with Crippen molar-refractivity contribution >= 4 is 29.6 Å². The maximum absolute atomic E-state index is 12.9. The molecule has 8 nitrogen and oxygen atoms in total. The maximum atomic E-state index is 12.9. The molecule has 6 amide bonds. The average molecular weight is 386 g/mol. The minimum absolute atomic E-state index is 0.0124. The van der Waals surface area contributed by atoms with E-state index in [4.69, 9.17) is 0 Å². The fraction of sp³-hybridized carbons (Fsp3) is 0.500. The number of hydrogen-bond donors (Lipinski definition) is 3. The van der Waals surface area contributed by atoms with Crippen molar-refractivity contribution in [2.75, 3.05) is 11.9 Å². The number of rotatable bonds is 3. The van der Waals surface area contributed by atoms with Gasteiger partial charge >= 0.3 is 12.1 Å². The molecule has 1 aliphatic heterocycles. The zero-order valence-electron chi connectivity index (χ0n) is 16.4. The number of benzene rings is 1. The third kappa shape index (κ3) is 3.58. The Labute approximate surface area is 164 Å². The third-order valence-electron chi connectivity index (χ3n) is 5.91. The van der Waals surface area contributed by atoms with Crippen LogP contribution in [-0.4, -0.2) is 40.9 Å². The molecule has 0 unspecified atom stereocenters. The van der Waals surface area contributed by atoms with E-state index in [0.29, 0.717) is 12.1 Å². The smallest absolute Gasteiger partial charge is 0.323 e. The number of amides is 6. The number of carbonyl (C=O) groups is 4. The van der Waals surface area contributed by atoms with E-state index in [9.17, 15) is 19.2 Å². The van der Waals surface area contributed by atoms with Gasteiger partial charge in [0.25, 0.3) is 5.91 Å². The topological polar surface area (TPSA) is 108 Å². The number of aryl methyl sites for hydroxylation is 1. The monoisotopic (exact) mass is 386 g/mol. The lowest BCUT2D eigenvalue weighted by molar-refractivity contribution is -0.137. The van der Waals surface area contributed by atoms with E-state index in [1.54, 1.807) is 12.1 Å². The quantitative estimate of drug-likeness (QED) is 0.694. The molecule has 0 aromatic heterocycles. The summed E-state index contributed by atoms with van der Waals surface area (Å²) < 4.78 is 0. The highest BCUT2D eigenvalue weighted by Gasteiger charge is 2.55. The molecule has 1 saturated heterocycles. The fourth-order valence-corrected chi connectivity index (χ4v) is 3.99. The first kappa shape index (κ1) is 19.9. The number of urea groups is 2. The van der Waals surface area contributed by atoms with Gasteiger partial charge in [-0.15, -0.1) is 0 Å². The number of carbonyl (C=O) groups excluding carboxylic acids is 4. The Hall–Kier alpha value is -2.90. The molecule has 1 aliphatic carbocycles. The normalized spacial score (nSPS) is 24.2. The summed E-state index contributed by atoms with van der Waals surface area (Å²) in [6.07, 6.45) is 3.30. The van der Waals surface area contributed by atoms with E-state index in [0.717, 1.165) is 35.3 Å². The molecule has 1 heterocycles. The van der Waals surface area contributed by atoms with Crippen LogP contribution in [0.4, 0.5) is 15.3 Å². The number of imide groups is 2. The number of nitrogens with one attached hydrogen (secondary N) is 3. The zero-order valence-corrected chi connectivity index (χ0v) is 16.4. The second-order valence-corrected chi connectivity index (χ2v) is 7.69. The van der Waals surface area contributed by atoms with Crippen molar-refractivity contribution in [3.63, 3.8) is 0 Å². The summed E-state index contributed by atoms with van der Waals surface area (Å²) in [5, 5.41) is 7.59. The molecule has 1 saturated carbocycles. The second-order valence-electron chi connectivity index (χ2n) is 7.69. The number of hydrogen-bond acceptors (Lipinski definition) is 4. The Bertz CT molecular complexity index is 837. The lowest BCUT2D eigenvalue weighted by atomic mass is 9.73. The Morgan fingerprint density at radius 3 is 2.71 bits per heavy atom. The number of nitrogens with zero attached hydrogens (tertiary/aromatic N) is 1. The molecule has 1 spiro atoms. The van der Waals surface area contributed by atoms with Gasteiger partial charge in [0.15, 0.2) is 0 Å². The van der Waals surface area contributed by atoms with Gasteiger partial charge in [-0.2, -0.15) is 0 Å². The summed E-state index contributed by atoms with van der Waals surface area (Å²) in [5.41, 5.74) is 1.58. The predicted octanol–water partition coefficient (Wildman–Crippen LogP) is 2.45. The molecular weight excluding hydrogens is 360 g/mol. The van der Waals surface area contributed by atoms with E-state index in [-0.39, 0.29) is 11.8 Å². The van der Waals surface area contributed by atoms with Crippen LogP contribution < -0.4 is 16.0 Å². The van der Waals surface area contributed by atoms with Gasteiger partial charge < -0.3 is 10.6 Å². The highest BCUT2D eigenvalue weighted by Crippen LogP contribution is 2.38. The van der Waals surface area contributed by atoms with Crippen LogP contribution in [0.25, 0.3) is 0 Å². The van der Waals surface area contributed by atoms with Crippen LogP contribution in [-0.2, 0) is 9.59 Å². The predicted molar refractivity (Wildman–Crippen MR) is 104 cm³/mol. The molecular formula is C20H26N4O4. The summed E-state index contributed by atoms with van der Waals surface area (Å²) in [6, 6.07) is 4.18.